The van der Waals surface area contributed by atoms with Crippen LogP contribution >= 0.6 is 0 Å². The van der Waals surface area contributed by atoms with E-state index in [0.29, 0.717) is 0 Å². The molecule has 0 aromatic heterocycles. The average molecular weight is 300 g/mol. The Morgan fingerprint density at radius 1 is 0.857 bits per heavy atom. The molecule has 1 heterocycles. The summed E-state index contributed by atoms with van der Waals surface area (Å²) in [5.41, 5.74) is 0. The molecule has 3 rings (SSSR count). The summed E-state index contributed by atoms with van der Waals surface area (Å²) in [5, 5.41) is 29.6. The Bertz CT molecular complexity index is 350. The van der Waals surface area contributed by atoms with Crippen molar-refractivity contribution in [3.63, 3.8) is 0 Å². The molecule has 0 aromatic rings. The van der Waals surface area contributed by atoms with E-state index in [-0.39, 0.29) is 6.10 Å². The van der Waals surface area contributed by atoms with Crippen LogP contribution in [-0.2, 0) is 9.47 Å². The third-order valence-corrected chi connectivity index (χ3v) is 5.63. The summed E-state index contributed by atoms with van der Waals surface area (Å²) >= 11 is 0. The molecule has 5 nitrogen and oxygen atoms in total. The van der Waals surface area contributed by atoms with Gasteiger partial charge in [0.2, 0.25) is 0 Å². The molecule has 3 N–H and O–H groups in total. The Kier molecular flexibility index (Phi) is 4.86. The maximum Gasteiger partial charge on any atom is 0.186 e. The third kappa shape index (κ3) is 3.27. The molecule has 0 bridgehead atoms. The van der Waals surface area contributed by atoms with Crippen LogP contribution in [0, 0.1) is 11.8 Å². The first kappa shape index (κ1) is 15.7. The topological polar surface area (TPSA) is 79.2 Å². The molecule has 21 heavy (non-hydrogen) atoms. The van der Waals surface area contributed by atoms with Crippen LogP contribution in [0.25, 0.3) is 0 Å². The highest BCUT2D eigenvalue weighted by Gasteiger charge is 2.44. The fourth-order valence-electron chi connectivity index (χ4n) is 4.27. The number of rotatable bonds is 2. The fourth-order valence-corrected chi connectivity index (χ4v) is 4.27. The highest BCUT2D eigenvalue weighted by Crippen LogP contribution is 2.41. The first-order valence-corrected chi connectivity index (χ1v) is 8.41. The van der Waals surface area contributed by atoms with E-state index >= 15 is 0 Å². The lowest BCUT2D eigenvalue weighted by Crippen LogP contribution is -2.58. The van der Waals surface area contributed by atoms with Gasteiger partial charge >= 0.3 is 0 Å². The molecule has 8 atom stereocenters. The minimum Gasteiger partial charge on any atom is -0.388 e. The molecule has 0 radical (unpaired) electrons. The smallest absolute Gasteiger partial charge is 0.186 e. The van der Waals surface area contributed by atoms with Gasteiger partial charge < -0.3 is 24.8 Å². The zero-order chi connectivity index (χ0) is 15.0. The summed E-state index contributed by atoms with van der Waals surface area (Å²) in [7, 11) is 0. The van der Waals surface area contributed by atoms with E-state index < -0.39 is 30.7 Å². The fraction of sp³-hybridized carbons (Fsp3) is 1.00. The molecule has 5 unspecified atom stereocenters. The minimum atomic E-state index is -1.20. The highest BCUT2D eigenvalue weighted by atomic mass is 16.7. The van der Waals surface area contributed by atoms with Crippen LogP contribution in [0.3, 0.4) is 0 Å². The van der Waals surface area contributed by atoms with Crippen LogP contribution in [0.4, 0.5) is 0 Å². The van der Waals surface area contributed by atoms with E-state index in [1.165, 1.54) is 32.1 Å². The molecule has 5 heteroatoms. The van der Waals surface area contributed by atoms with Gasteiger partial charge in [0.05, 0.1) is 12.2 Å². The molecule has 3 aliphatic rings. The van der Waals surface area contributed by atoms with Gasteiger partial charge in [-0.3, -0.25) is 0 Å². The minimum absolute atomic E-state index is 0.0960. The lowest BCUT2D eigenvalue weighted by Gasteiger charge is -2.43. The largest absolute Gasteiger partial charge is 0.388 e. The molecule has 2 aliphatic carbocycles. The zero-order valence-corrected chi connectivity index (χ0v) is 12.7. The van der Waals surface area contributed by atoms with E-state index in [0.717, 1.165) is 24.7 Å². The summed E-state index contributed by atoms with van der Waals surface area (Å²) in [6.07, 6.45) is 3.83. The summed E-state index contributed by atoms with van der Waals surface area (Å²) in [6.45, 7) is 1.69. The van der Waals surface area contributed by atoms with Crippen molar-refractivity contribution in [3.05, 3.63) is 0 Å². The van der Waals surface area contributed by atoms with Crippen LogP contribution in [0.1, 0.15) is 51.9 Å². The van der Waals surface area contributed by atoms with Gasteiger partial charge in [0.25, 0.3) is 0 Å². The van der Waals surface area contributed by atoms with E-state index in [9.17, 15) is 15.3 Å². The van der Waals surface area contributed by atoms with E-state index in [1.807, 2.05) is 0 Å². The first-order valence-electron chi connectivity index (χ1n) is 8.41. The van der Waals surface area contributed by atoms with Gasteiger partial charge in [0, 0.05) is 0 Å². The Balaban J connectivity index is 1.56. The predicted octanol–water partition coefficient (Wildman–Crippen LogP) is 1.19. The highest BCUT2D eigenvalue weighted by molar-refractivity contribution is 4.89. The first-order chi connectivity index (χ1) is 10.1. The maximum absolute atomic E-state index is 10.0. The van der Waals surface area contributed by atoms with Crippen LogP contribution in [0.15, 0.2) is 0 Å². The van der Waals surface area contributed by atoms with Gasteiger partial charge in [0.15, 0.2) is 6.29 Å². The maximum atomic E-state index is 10.0. The lowest BCUT2D eigenvalue weighted by atomic mass is 9.70. The summed E-state index contributed by atoms with van der Waals surface area (Å²) in [6, 6.07) is 0. The van der Waals surface area contributed by atoms with Crippen LogP contribution in [-0.4, -0.2) is 52.1 Å². The number of fused-ring (bicyclic) bond motifs is 1. The Hall–Kier alpha value is -0.200. The van der Waals surface area contributed by atoms with Crippen molar-refractivity contribution in [3.8, 4) is 0 Å². The van der Waals surface area contributed by atoms with E-state index in [2.05, 4.69) is 0 Å². The van der Waals surface area contributed by atoms with E-state index in [4.69, 9.17) is 9.47 Å². The van der Waals surface area contributed by atoms with E-state index in [1.54, 1.807) is 6.92 Å². The second kappa shape index (κ2) is 6.50. The van der Waals surface area contributed by atoms with Crippen molar-refractivity contribution in [2.24, 2.45) is 11.8 Å². The molecule has 0 amide bonds. The van der Waals surface area contributed by atoms with Gasteiger partial charge in [-0.1, -0.05) is 25.7 Å². The summed E-state index contributed by atoms with van der Waals surface area (Å²) < 4.78 is 11.5. The molecule has 1 saturated heterocycles. The monoisotopic (exact) mass is 300 g/mol. The van der Waals surface area contributed by atoms with Gasteiger partial charge in [-0.2, -0.15) is 0 Å². The van der Waals surface area contributed by atoms with Crippen LogP contribution in [0.5, 0.6) is 0 Å². The number of aliphatic hydroxyl groups excluding tert-OH is 3. The lowest BCUT2D eigenvalue weighted by molar-refractivity contribution is -0.307. The van der Waals surface area contributed by atoms with Crippen molar-refractivity contribution in [1.82, 2.24) is 0 Å². The summed E-state index contributed by atoms with van der Waals surface area (Å²) in [4.78, 5) is 0. The van der Waals surface area contributed by atoms with Gasteiger partial charge in [0.1, 0.15) is 18.3 Å². The van der Waals surface area contributed by atoms with Crippen molar-refractivity contribution < 1.29 is 24.8 Å². The van der Waals surface area contributed by atoms with Gasteiger partial charge in [-0.15, -0.1) is 0 Å². The van der Waals surface area contributed by atoms with Crippen molar-refractivity contribution in [2.75, 3.05) is 0 Å². The van der Waals surface area contributed by atoms with Crippen molar-refractivity contribution in [2.45, 2.75) is 88.7 Å². The molecular formula is C16H28O5. The number of ether oxygens (including phenoxy) is 2. The van der Waals surface area contributed by atoms with Crippen molar-refractivity contribution >= 4 is 0 Å². The normalized spacial score (nSPS) is 51.4. The summed E-state index contributed by atoms with van der Waals surface area (Å²) in [5.74, 6) is 1.59. The molecule has 122 valence electrons. The zero-order valence-electron chi connectivity index (χ0n) is 12.7. The molecule has 1 aliphatic heterocycles. The van der Waals surface area contributed by atoms with Crippen molar-refractivity contribution in [1.29, 1.82) is 0 Å². The Labute approximate surface area is 126 Å². The SMILES string of the molecule is C[C@H]1O[C@@H](OC2CCC3CCCCC3C2)C(O)[C@@H](O)C1O. The molecule has 2 saturated carbocycles. The second-order valence-corrected chi connectivity index (χ2v) is 7.06. The van der Waals surface area contributed by atoms with Gasteiger partial charge in [-0.25, -0.2) is 0 Å². The molecular weight excluding hydrogens is 272 g/mol. The Morgan fingerprint density at radius 3 is 2.33 bits per heavy atom. The predicted molar refractivity (Wildman–Crippen MR) is 76.5 cm³/mol. The molecule has 0 spiro atoms. The third-order valence-electron chi connectivity index (χ3n) is 5.63. The van der Waals surface area contributed by atoms with Crippen LogP contribution in [0.2, 0.25) is 0 Å². The molecule has 3 fully saturated rings. The average Bonchev–Trinajstić information content (AvgIpc) is 2.50. The van der Waals surface area contributed by atoms with Crippen LogP contribution < -0.4 is 0 Å². The quantitative estimate of drug-likeness (QED) is 0.668. The number of aliphatic hydroxyl groups is 3. The standard InChI is InChI=1S/C16H28O5/c1-9-13(17)14(18)15(19)16(20-9)21-12-7-6-10-4-2-3-5-11(10)8-12/h9-19H,2-8H2,1H3/t9-,10?,11?,12?,13?,14+,15?,16+/m1/s1. The molecule has 0 aromatic carbocycles. The second-order valence-electron chi connectivity index (χ2n) is 7.06. The Morgan fingerprint density at radius 2 is 1.57 bits per heavy atom. The number of hydrogen-bond acceptors (Lipinski definition) is 5. The van der Waals surface area contributed by atoms with Gasteiger partial charge in [-0.05, 0) is 38.0 Å². The number of hydrogen-bond donors (Lipinski definition) is 3.